The molecule has 3 aromatic rings. The molecule has 4 heterocycles. The zero-order valence-electron chi connectivity index (χ0n) is 19.1. The van der Waals surface area contributed by atoms with Gasteiger partial charge in [0.2, 0.25) is 5.88 Å². The van der Waals surface area contributed by atoms with Crippen molar-refractivity contribution in [2.24, 2.45) is 11.8 Å². The minimum Gasteiger partial charge on any atom is -0.472 e. The van der Waals surface area contributed by atoms with Gasteiger partial charge in [-0.3, -0.25) is 0 Å². The Bertz CT molecular complexity index is 1340. The van der Waals surface area contributed by atoms with Crippen molar-refractivity contribution in [3.05, 3.63) is 40.5 Å². The number of halogens is 1. The summed E-state index contributed by atoms with van der Waals surface area (Å²) in [6.45, 7) is 4.08. The summed E-state index contributed by atoms with van der Waals surface area (Å²) in [5, 5.41) is 11.6. The van der Waals surface area contributed by atoms with Crippen molar-refractivity contribution in [3.8, 4) is 23.1 Å². The summed E-state index contributed by atoms with van der Waals surface area (Å²) in [5.74, 6) is 0.582. The van der Waals surface area contributed by atoms with Crippen LogP contribution in [0.15, 0.2) is 29.9 Å². The third kappa shape index (κ3) is 4.20. The highest BCUT2D eigenvalue weighted by atomic mass is 35.5. The van der Waals surface area contributed by atoms with E-state index in [1.54, 1.807) is 17.0 Å². The first kappa shape index (κ1) is 22.5. The maximum atomic E-state index is 12.7. The summed E-state index contributed by atoms with van der Waals surface area (Å²) < 4.78 is 18.8. The van der Waals surface area contributed by atoms with E-state index in [9.17, 15) is 4.79 Å². The van der Waals surface area contributed by atoms with Gasteiger partial charge in [-0.2, -0.15) is 5.26 Å². The number of hydrogen-bond acceptors (Lipinski definition) is 8. The molecule has 6 rings (SSSR count). The number of hydrogen-bond donors (Lipinski definition) is 0. The van der Waals surface area contributed by atoms with Crippen molar-refractivity contribution in [1.29, 1.82) is 5.26 Å². The Morgan fingerprint density at radius 3 is 2.71 bits per heavy atom. The van der Waals surface area contributed by atoms with Crippen molar-refractivity contribution in [2.75, 3.05) is 26.3 Å². The summed E-state index contributed by atoms with van der Waals surface area (Å²) >= 11 is 7.97. The lowest BCUT2D eigenvalue weighted by molar-refractivity contribution is -0.111. The van der Waals surface area contributed by atoms with Gasteiger partial charge in [0.15, 0.2) is 0 Å². The van der Waals surface area contributed by atoms with Crippen LogP contribution in [-0.2, 0) is 9.47 Å². The molecule has 180 valence electrons. The van der Waals surface area contributed by atoms with Gasteiger partial charge in [0.25, 0.3) is 0 Å². The molecule has 3 fully saturated rings. The normalized spacial score (nSPS) is 24.6. The summed E-state index contributed by atoms with van der Waals surface area (Å²) in [7, 11) is 0. The zero-order chi connectivity index (χ0) is 24.2. The molecule has 1 amide bonds. The lowest BCUT2D eigenvalue weighted by Crippen LogP contribution is -2.59. The minimum absolute atomic E-state index is 0.0273. The van der Waals surface area contributed by atoms with Gasteiger partial charge in [0.05, 0.1) is 30.4 Å². The molecule has 2 atom stereocenters. The molecule has 1 saturated carbocycles. The summed E-state index contributed by atoms with van der Waals surface area (Å²) in [4.78, 5) is 23.5. The van der Waals surface area contributed by atoms with Gasteiger partial charge in [-0.25, -0.2) is 14.8 Å². The topological polar surface area (TPSA) is 97.6 Å². The molecular weight excluding hydrogens is 488 g/mol. The number of rotatable bonds is 4. The first-order chi connectivity index (χ1) is 16.9. The van der Waals surface area contributed by atoms with Gasteiger partial charge < -0.3 is 19.1 Å². The van der Waals surface area contributed by atoms with E-state index in [1.807, 2.05) is 18.4 Å². The largest absolute Gasteiger partial charge is 0.472 e. The third-order valence-corrected chi connectivity index (χ3v) is 8.28. The second-order valence-corrected chi connectivity index (χ2v) is 11.0. The molecule has 1 aliphatic carbocycles. The maximum absolute atomic E-state index is 12.7. The van der Waals surface area contributed by atoms with Crippen molar-refractivity contribution >= 4 is 39.2 Å². The summed E-state index contributed by atoms with van der Waals surface area (Å²) in [6, 6.07) is 7.34. The smallest absolute Gasteiger partial charge is 0.410 e. The van der Waals surface area contributed by atoms with Crippen molar-refractivity contribution < 1.29 is 19.0 Å². The second kappa shape index (κ2) is 8.63. The molecule has 8 nitrogen and oxygen atoms in total. The molecule has 2 bridgehead atoms. The van der Waals surface area contributed by atoms with Crippen LogP contribution in [0, 0.1) is 23.2 Å². The molecule has 2 saturated heterocycles. The van der Waals surface area contributed by atoms with Gasteiger partial charge in [-0.15, -0.1) is 11.3 Å². The number of benzene rings is 1. The number of nitrogens with zero attached hydrogens (tertiary/aromatic N) is 4. The number of fused-ring (bicyclic) bond motifs is 3. The van der Waals surface area contributed by atoms with Crippen LogP contribution < -0.4 is 4.74 Å². The average molecular weight is 511 g/mol. The first-order valence-electron chi connectivity index (χ1n) is 11.6. The van der Waals surface area contributed by atoms with Crippen molar-refractivity contribution in [1.82, 2.24) is 14.9 Å². The van der Waals surface area contributed by atoms with Crippen molar-refractivity contribution in [2.45, 2.75) is 31.5 Å². The molecule has 0 spiro atoms. The lowest BCUT2D eigenvalue weighted by Gasteiger charge is -2.46. The van der Waals surface area contributed by atoms with E-state index in [-0.39, 0.29) is 29.6 Å². The second-order valence-electron chi connectivity index (χ2n) is 9.68. The Balaban J connectivity index is 1.25. The Morgan fingerprint density at radius 2 is 2.03 bits per heavy atom. The van der Waals surface area contributed by atoms with Crippen LogP contribution in [-0.4, -0.2) is 59.0 Å². The van der Waals surface area contributed by atoms with Gasteiger partial charge >= 0.3 is 6.09 Å². The van der Waals surface area contributed by atoms with Gasteiger partial charge in [-0.05, 0) is 31.9 Å². The lowest BCUT2D eigenvalue weighted by atomic mass is 9.84. The number of thiophene rings is 1. The Kier molecular flexibility index (Phi) is 5.55. The Hall–Kier alpha value is -2.93. The monoisotopic (exact) mass is 510 g/mol. The number of carbonyl (C=O) groups excluding carboxylic acids is 1. The summed E-state index contributed by atoms with van der Waals surface area (Å²) in [6.07, 6.45) is 2.99. The number of piperidine rings is 1. The molecular formula is C25H23ClN4O4S. The molecule has 2 aromatic heterocycles. The Labute approximate surface area is 211 Å². The van der Waals surface area contributed by atoms with Crippen LogP contribution in [0.25, 0.3) is 21.3 Å². The fourth-order valence-electron chi connectivity index (χ4n) is 4.83. The number of carbonyl (C=O) groups is 1. The zero-order valence-corrected chi connectivity index (χ0v) is 20.6. The van der Waals surface area contributed by atoms with Crippen molar-refractivity contribution in [3.63, 3.8) is 0 Å². The molecule has 2 aliphatic heterocycles. The number of aromatic nitrogens is 2. The van der Waals surface area contributed by atoms with Gasteiger partial charge in [0, 0.05) is 46.5 Å². The molecule has 0 N–H and O–H groups in total. The highest BCUT2D eigenvalue weighted by Gasteiger charge is 2.47. The molecule has 2 unspecified atom stereocenters. The van der Waals surface area contributed by atoms with Crippen LogP contribution >= 0.6 is 22.9 Å². The van der Waals surface area contributed by atoms with Gasteiger partial charge in [0.1, 0.15) is 22.7 Å². The minimum atomic E-state index is -0.294. The SMILES string of the molecule is CC1(OC(=O)N2CC3COCC(C2)C3Oc2ncnc3c(-c4ccc(C#N)cc4Cl)csc23)CC1. The van der Waals surface area contributed by atoms with Gasteiger partial charge in [-0.1, -0.05) is 17.7 Å². The predicted octanol–water partition coefficient (Wildman–Crippen LogP) is 4.90. The summed E-state index contributed by atoms with van der Waals surface area (Å²) in [5.41, 5.74) is 2.65. The Morgan fingerprint density at radius 1 is 1.26 bits per heavy atom. The van der Waals surface area contributed by atoms with E-state index in [0.717, 1.165) is 34.2 Å². The quantitative estimate of drug-likeness (QED) is 0.492. The molecule has 35 heavy (non-hydrogen) atoms. The number of ether oxygens (including phenoxy) is 3. The standard InChI is InChI=1S/C25H23ClN4O4S/c1-25(4-5-25)34-24(31)30-8-15-10-32-11-16(9-30)21(15)33-23-22-20(28-13-29-23)18(12-35-22)17-3-2-14(7-27)6-19(17)26/h2-3,6,12-13,15-16,21H,4-5,8-11H2,1H3. The molecule has 3 aliphatic rings. The average Bonchev–Trinajstić information content (AvgIpc) is 3.40. The highest BCUT2D eigenvalue weighted by molar-refractivity contribution is 7.18. The van der Waals surface area contributed by atoms with Crippen LogP contribution in [0.5, 0.6) is 5.88 Å². The number of amides is 1. The van der Waals surface area contributed by atoms with E-state index in [4.69, 9.17) is 31.1 Å². The molecule has 0 radical (unpaired) electrons. The molecule has 10 heteroatoms. The van der Waals surface area contributed by atoms with E-state index in [1.165, 1.54) is 17.7 Å². The maximum Gasteiger partial charge on any atom is 0.410 e. The third-order valence-electron chi connectivity index (χ3n) is 7.01. The van der Waals surface area contributed by atoms with E-state index in [0.29, 0.717) is 42.8 Å². The number of likely N-dealkylation sites (tertiary alicyclic amines) is 1. The predicted molar refractivity (Wildman–Crippen MR) is 130 cm³/mol. The van der Waals surface area contributed by atoms with E-state index < -0.39 is 0 Å². The number of nitriles is 1. The fraction of sp³-hybridized carbons (Fsp3) is 0.440. The first-order valence-corrected chi connectivity index (χ1v) is 12.8. The highest BCUT2D eigenvalue weighted by Crippen LogP contribution is 2.42. The van der Waals surface area contributed by atoms with Crippen LogP contribution in [0.4, 0.5) is 4.79 Å². The van der Waals surface area contributed by atoms with Crippen LogP contribution in [0.2, 0.25) is 5.02 Å². The van der Waals surface area contributed by atoms with Crippen LogP contribution in [0.1, 0.15) is 25.3 Å². The fourth-order valence-corrected chi connectivity index (χ4v) is 6.06. The van der Waals surface area contributed by atoms with Crippen LogP contribution in [0.3, 0.4) is 0 Å². The van der Waals surface area contributed by atoms with E-state index >= 15 is 0 Å². The molecule has 1 aromatic carbocycles. The van der Waals surface area contributed by atoms with E-state index in [2.05, 4.69) is 16.0 Å².